The Morgan fingerprint density at radius 3 is 2.84 bits per heavy atom. The molecule has 0 spiro atoms. The molecule has 1 aromatic carbocycles. The van der Waals surface area contributed by atoms with Gasteiger partial charge in [0.25, 0.3) is 0 Å². The highest BCUT2D eigenvalue weighted by molar-refractivity contribution is 7.15. The van der Waals surface area contributed by atoms with Crippen molar-refractivity contribution in [1.29, 1.82) is 0 Å². The molecule has 1 N–H and O–H groups in total. The van der Waals surface area contributed by atoms with Gasteiger partial charge in [-0.15, -0.1) is 11.3 Å². The first-order valence-corrected chi connectivity index (χ1v) is 9.57. The van der Waals surface area contributed by atoms with Gasteiger partial charge < -0.3 is 15.0 Å². The molecule has 0 bridgehead atoms. The van der Waals surface area contributed by atoms with Crippen molar-refractivity contribution in [3.05, 3.63) is 39.3 Å². The van der Waals surface area contributed by atoms with E-state index in [1.54, 1.807) is 6.20 Å². The molecule has 1 aliphatic heterocycles. The number of carbonyl (C=O) groups excluding carboxylic acids is 1. The molecule has 2 heterocycles. The highest BCUT2D eigenvalue weighted by atomic mass is 35.5. The fraction of sp³-hybridized carbons (Fsp3) is 0.444. The zero-order valence-electron chi connectivity index (χ0n) is 14.4. The van der Waals surface area contributed by atoms with Crippen molar-refractivity contribution in [2.24, 2.45) is 5.92 Å². The number of esters is 1. The summed E-state index contributed by atoms with van der Waals surface area (Å²) in [6.07, 6.45) is 4.14. The van der Waals surface area contributed by atoms with Gasteiger partial charge in [-0.05, 0) is 37.0 Å². The Morgan fingerprint density at radius 1 is 1.44 bits per heavy atom. The van der Waals surface area contributed by atoms with Gasteiger partial charge in [0.15, 0.2) is 4.47 Å². The van der Waals surface area contributed by atoms with Gasteiger partial charge in [-0.1, -0.05) is 18.5 Å². The van der Waals surface area contributed by atoms with E-state index in [-0.39, 0.29) is 5.97 Å². The van der Waals surface area contributed by atoms with Crippen LogP contribution in [0.4, 0.5) is 11.4 Å². The van der Waals surface area contributed by atoms with Gasteiger partial charge >= 0.3 is 5.97 Å². The first-order chi connectivity index (χ1) is 12.1. The molecule has 1 aromatic heterocycles. The van der Waals surface area contributed by atoms with Crippen molar-refractivity contribution < 1.29 is 9.53 Å². The third-order valence-corrected chi connectivity index (χ3v) is 5.64. The maximum absolute atomic E-state index is 11.9. The molecule has 0 atom stereocenters. The Kier molecular flexibility index (Phi) is 5.81. The molecule has 7 heteroatoms. The first-order valence-electron chi connectivity index (χ1n) is 8.38. The predicted octanol–water partition coefficient (Wildman–Crippen LogP) is 4.43. The van der Waals surface area contributed by atoms with Gasteiger partial charge in [0, 0.05) is 24.2 Å². The summed E-state index contributed by atoms with van der Waals surface area (Å²) in [6.45, 7) is 4.97. The smallest absolute Gasteiger partial charge is 0.337 e. The lowest BCUT2D eigenvalue weighted by Gasteiger charge is -2.33. The molecule has 0 unspecified atom stereocenters. The summed E-state index contributed by atoms with van der Waals surface area (Å²) in [5.41, 5.74) is 2.60. The molecule has 2 aromatic rings. The second-order valence-electron chi connectivity index (χ2n) is 6.33. The van der Waals surface area contributed by atoms with Crippen LogP contribution in [-0.4, -0.2) is 31.2 Å². The predicted molar refractivity (Wildman–Crippen MR) is 103 cm³/mol. The van der Waals surface area contributed by atoms with E-state index in [9.17, 15) is 4.79 Å². The minimum atomic E-state index is -0.331. The SMILES string of the molecule is COC(=O)c1ccc(N2CCC(C)CC2)c(NCc2cnc(Cl)s2)c1. The molecule has 1 aliphatic rings. The number of methoxy groups -OCH3 is 1. The fourth-order valence-electron chi connectivity index (χ4n) is 3.00. The van der Waals surface area contributed by atoms with Gasteiger partial charge in [0.05, 0.1) is 30.6 Å². The largest absolute Gasteiger partial charge is 0.465 e. The standard InChI is InChI=1S/C18H22ClN3O2S/c1-12-5-7-22(8-6-12)16-4-3-13(17(23)24-2)9-15(16)20-10-14-11-21-18(19)25-14/h3-4,9,11-12,20H,5-8,10H2,1-2H3. The van der Waals surface area contributed by atoms with Crippen molar-refractivity contribution in [3.63, 3.8) is 0 Å². The zero-order chi connectivity index (χ0) is 17.8. The Hall–Kier alpha value is -1.79. The number of hydrogen-bond acceptors (Lipinski definition) is 6. The first kappa shape index (κ1) is 18.0. The van der Waals surface area contributed by atoms with Crippen LogP contribution in [0, 0.1) is 5.92 Å². The number of nitrogens with one attached hydrogen (secondary N) is 1. The molecule has 0 aliphatic carbocycles. The third-order valence-electron chi connectivity index (χ3n) is 4.52. The second-order valence-corrected chi connectivity index (χ2v) is 8.02. The molecule has 5 nitrogen and oxygen atoms in total. The Balaban J connectivity index is 1.83. The molecular weight excluding hydrogens is 358 g/mol. The minimum absolute atomic E-state index is 0.331. The Morgan fingerprint density at radius 2 is 2.20 bits per heavy atom. The molecule has 0 amide bonds. The number of benzene rings is 1. The molecule has 1 saturated heterocycles. The van der Waals surface area contributed by atoms with Crippen molar-refractivity contribution in [1.82, 2.24) is 4.98 Å². The van der Waals surface area contributed by atoms with Gasteiger partial charge in [-0.25, -0.2) is 9.78 Å². The number of carbonyl (C=O) groups is 1. The van der Waals surface area contributed by atoms with Crippen LogP contribution in [0.25, 0.3) is 0 Å². The Bertz CT molecular complexity index is 742. The van der Waals surface area contributed by atoms with Crippen LogP contribution in [0.2, 0.25) is 4.47 Å². The highest BCUT2D eigenvalue weighted by Crippen LogP contribution is 2.32. The number of rotatable bonds is 5. The van der Waals surface area contributed by atoms with E-state index in [2.05, 4.69) is 22.1 Å². The Labute approximate surface area is 157 Å². The van der Waals surface area contributed by atoms with Crippen molar-refractivity contribution in [2.75, 3.05) is 30.4 Å². The number of halogens is 1. The van der Waals surface area contributed by atoms with Crippen LogP contribution in [0.15, 0.2) is 24.4 Å². The van der Waals surface area contributed by atoms with Crippen molar-refractivity contribution in [3.8, 4) is 0 Å². The normalized spacial score (nSPS) is 15.2. The molecule has 0 saturated carbocycles. The van der Waals surface area contributed by atoms with Crippen LogP contribution < -0.4 is 10.2 Å². The topological polar surface area (TPSA) is 54.5 Å². The van der Waals surface area contributed by atoms with Gasteiger partial charge in [-0.3, -0.25) is 0 Å². The third kappa shape index (κ3) is 4.44. The molecule has 3 rings (SSSR count). The average Bonchev–Trinajstić information content (AvgIpc) is 3.05. The van der Waals surface area contributed by atoms with Gasteiger partial charge in [-0.2, -0.15) is 0 Å². The van der Waals surface area contributed by atoms with Crippen molar-refractivity contribution in [2.45, 2.75) is 26.3 Å². The summed E-state index contributed by atoms with van der Waals surface area (Å²) in [7, 11) is 1.40. The van der Waals surface area contributed by atoms with Gasteiger partial charge in [0.1, 0.15) is 0 Å². The van der Waals surface area contributed by atoms with E-state index < -0.39 is 0 Å². The lowest BCUT2D eigenvalue weighted by atomic mass is 9.98. The molecule has 1 fully saturated rings. The summed E-state index contributed by atoms with van der Waals surface area (Å²) >= 11 is 7.35. The number of piperidine rings is 1. The van der Waals surface area contributed by atoms with Crippen LogP contribution in [0.5, 0.6) is 0 Å². The van der Waals surface area contributed by atoms with E-state index in [4.69, 9.17) is 16.3 Å². The minimum Gasteiger partial charge on any atom is -0.465 e. The quantitative estimate of drug-likeness (QED) is 0.779. The summed E-state index contributed by atoms with van der Waals surface area (Å²) < 4.78 is 5.38. The highest BCUT2D eigenvalue weighted by Gasteiger charge is 2.20. The van der Waals surface area contributed by atoms with E-state index in [1.165, 1.54) is 31.3 Å². The lowest BCUT2D eigenvalue weighted by molar-refractivity contribution is 0.0601. The van der Waals surface area contributed by atoms with Crippen LogP contribution in [-0.2, 0) is 11.3 Å². The zero-order valence-corrected chi connectivity index (χ0v) is 16.0. The summed E-state index contributed by atoms with van der Waals surface area (Å²) in [5.74, 6) is 0.434. The monoisotopic (exact) mass is 379 g/mol. The van der Waals surface area contributed by atoms with Crippen LogP contribution in [0.1, 0.15) is 35.0 Å². The number of anilines is 2. The second kappa shape index (κ2) is 8.06. The maximum Gasteiger partial charge on any atom is 0.337 e. The maximum atomic E-state index is 11.9. The summed E-state index contributed by atoms with van der Waals surface area (Å²) in [6, 6.07) is 5.69. The number of aromatic nitrogens is 1. The molecule has 0 radical (unpaired) electrons. The van der Waals surface area contributed by atoms with E-state index in [0.717, 1.165) is 35.3 Å². The van der Waals surface area contributed by atoms with Crippen LogP contribution >= 0.6 is 22.9 Å². The van der Waals surface area contributed by atoms with Crippen molar-refractivity contribution >= 4 is 40.3 Å². The average molecular weight is 380 g/mol. The molecule has 134 valence electrons. The van der Waals surface area contributed by atoms with E-state index in [1.807, 2.05) is 18.2 Å². The lowest BCUT2D eigenvalue weighted by Crippen LogP contribution is -2.33. The fourth-order valence-corrected chi connectivity index (χ4v) is 3.91. The molecule has 25 heavy (non-hydrogen) atoms. The molecular formula is C18H22ClN3O2S. The summed E-state index contributed by atoms with van der Waals surface area (Å²) in [4.78, 5) is 19.4. The number of thiazole rings is 1. The number of nitrogens with zero attached hydrogens (tertiary/aromatic N) is 2. The summed E-state index contributed by atoms with van der Waals surface area (Å²) in [5, 5.41) is 3.43. The van der Waals surface area contributed by atoms with Gasteiger partial charge in [0.2, 0.25) is 0 Å². The van der Waals surface area contributed by atoms with E-state index in [0.29, 0.717) is 16.6 Å². The van der Waals surface area contributed by atoms with E-state index >= 15 is 0 Å². The van der Waals surface area contributed by atoms with Crippen LogP contribution in [0.3, 0.4) is 0 Å². The number of hydrogen-bond donors (Lipinski definition) is 1. The number of ether oxygens (including phenoxy) is 1.